The molecule has 0 saturated heterocycles. The first-order chi connectivity index (χ1) is 6.79. The molecule has 1 aromatic rings. The van der Waals surface area contributed by atoms with E-state index in [1.807, 2.05) is 18.2 Å². The summed E-state index contributed by atoms with van der Waals surface area (Å²) >= 11 is 5.69. The molecule has 0 spiro atoms. The molecule has 0 unspecified atom stereocenters. The maximum atomic E-state index is 8.51. The van der Waals surface area contributed by atoms with Crippen molar-refractivity contribution in [3.05, 3.63) is 29.3 Å². The molecule has 3 heteroatoms. The Hall–Kier alpha value is -1.20. The summed E-state index contributed by atoms with van der Waals surface area (Å²) in [4.78, 5) is 0. The van der Waals surface area contributed by atoms with Crippen molar-refractivity contribution in [1.82, 2.24) is 0 Å². The quantitative estimate of drug-likeness (QED) is 0.611. The van der Waals surface area contributed by atoms with E-state index >= 15 is 0 Å². The minimum atomic E-state index is 0.527. The smallest absolute Gasteiger partial charge is 0.0625 e. The first-order valence-electron chi connectivity index (χ1n) is 4.58. The number of anilines is 1. The number of aryl methyl sites for hydroxylation is 1. The molecule has 0 aliphatic carbocycles. The van der Waals surface area contributed by atoms with Gasteiger partial charge in [0.15, 0.2) is 0 Å². The van der Waals surface area contributed by atoms with E-state index in [1.165, 1.54) is 0 Å². The van der Waals surface area contributed by atoms with Gasteiger partial charge in [0.05, 0.1) is 6.07 Å². The SMILES string of the molecule is N#CCCc1cccc(N)c1CCCl. The Morgan fingerprint density at radius 1 is 1.36 bits per heavy atom. The number of hydrogen-bond acceptors (Lipinski definition) is 2. The molecule has 0 heterocycles. The minimum Gasteiger partial charge on any atom is -0.398 e. The van der Waals surface area contributed by atoms with Gasteiger partial charge in [-0.2, -0.15) is 5.26 Å². The summed E-state index contributed by atoms with van der Waals surface area (Å²) in [5.41, 5.74) is 8.86. The summed E-state index contributed by atoms with van der Waals surface area (Å²) in [5.74, 6) is 0.563. The molecule has 74 valence electrons. The maximum absolute atomic E-state index is 8.51. The van der Waals surface area contributed by atoms with Crippen LogP contribution in [0.4, 0.5) is 5.69 Å². The number of rotatable bonds is 4. The fraction of sp³-hybridized carbons (Fsp3) is 0.364. The minimum absolute atomic E-state index is 0.527. The summed E-state index contributed by atoms with van der Waals surface area (Å²) in [7, 11) is 0. The van der Waals surface area contributed by atoms with Crippen LogP contribution in [0.15, 0.2) is 18.2 Å². The lowest BCUT2D eigenvalue weighted by Crippen LogP contribution is -2.01. The molecule has 0 bridgehead atoms. The van der Waals surface area contributed by atoms with Crippen LogP contribution in [-0.2, 0) is 12.8 Å². The van der Waals surface area contributed by atoms with Crippen LogP contribution in [-0.4, -0.2) is 5.88 Å². The topological polar surface area (TPSA) is 49.8 Å². The zero-order valence-electron chi connectivity index (χ0n) is 7.96. The highest BCUT2D eigenvalue weighted by Gasteiger charge is 2.04. The fourth-order valence-electron chi connectivity index (χ4n) is 1.48. The molecule has 0 aliphatic rings. The number of hydrogen-bond donors (Lipinski definition) is 1. The Balaban J connectivity index is 2.90. The third kappa shape index (κ3) is 2.65. The van der Waals surface area contributed by atoms with Gasteiger partial charge in [0.1, 0.15) is 0 Å². The van der Waals surface area contributed by atoms with E-state index in [0.717, 1.165) is 29.7 Å². The molecule has 0 fully saturated rings. The van der Waals surface area contributed by atoms with Crippen molar-refractivity contribution in [2.75, 3.05) is 11.6 Å². The van der Waals surface area contributed by atoms with Gasteiger partial charge in [0.2, 0.25) is 0 Å². The third-order valence-electron chi connectivity index (χ3n) is 2.16. The van der Waals surface area contributed by atoms with Gasteiger partial charge in [-0.15, -0.1) is 11.6 Å². The van der Waals surface area contributed by atoms with E-state index in [2.05, 4.69) is 6.07 Å². The van der Waals surface area contributed by atoms with Crippen molar-refractivity contribution in [3.63, 3.8) is 0 Å². The van der Waals surface area contributed by atoms with Gasteiger partial charge in [-0.3, -0.25) is 0 Å². The van der Waals surface area contributed by atoms with Crippen LogP contribution in [0.5, 0.6) is 0 Å². The highest BCUT2D eigenvalue weighted by atomic mass is 35.5. The van der Waals surface area contributed by atoms with Crippen LogP contribution in [0.3, 0.4) is 0 Å². The molecule has 14 heavy (non-hydrogen) atoms. The molecule has 0 aromatic heterocycles. The van der Waals surface area contributed by atoms with Gasteiger partial charge in [0.25, 0.3) is 0 Å². The first kappa shape index (κ1) is 10.9. The first-order valence-corrected chi connectivity index (χ1v) is 5.12. The molecule has 0 radical (unpaired) electrons. The van der Waals surface area contributed by atoms with Crippen LogP contribution < -0.4 is 5.73 Å². The fourth-order valence-corrected chi connectivity index (χ4v) is 1.67. The Bertz CT molecular complexity index is 342. The van der Waals surface area contributed by atoms with Crippen LogP contribution in [0.1, 0.15) is 17.5 Å². The number of nitrogen functional groups attached to an aromatic ring is 1. The van der Waals surface area contributed by atoms with Gasteiger partial charge in [-0.1, -0.05) is 12.1 Å². The maximum Gasteiger partial charge on any atom is 0.0625 e. The Morgan fingerprint density at radius 3 is 2.79 bits per heavy atom. The number of nitrogens with zero attached hydrogens (tertiary/aromatic N) is 1. The average molecular weight is 209 g/mol. The van der Waals surface area contributed by atoms with Crippen molar-refractivity contribution in [1.29, 1.82) is 5.26 Å². The lowest BCUT2D eigenvalue weighted by Gasteiger charge is -2.09. The van der Waals surface area contributed by atoms with Crippen molar-refractivity contribution in [2.24, 2.45) is 0 Å². The van der Waals surface area contributed by atoms with Gasteiger partial charge in [0, 0.05) is 18.0 Å². The molecule has 0 aliphatic heterocycles. The van der Waals surface area contributed by atoms with Gasteiger partial charge >= 0.3 is 0 Å². The van der Waals surface area contributed by atoms with E-state index in [9.17, 15) is 0 Å². The molecular formula is C11H13ClN2. The largest absolute Gasteiger partial charge is 0.398 e. The zero-order valence-corrected chi connectivity index (χ0v) is 8.72. The highest BCUT2D eigenvalue weighted by molar-refractivity contribution is 6.18. The molecule has 1 aromatic carbocycles. The Kier molecular flexibility index (Phi) is 4.28. The predicted octanol–water partition coefficient (Wildman–Crippen LogP) is 2.51. The normalized spacial score (nSPS) is 9.71. The van der Waals surface area contributed by atoms with Crippen LogP contribution >= 0.6 is 11.6 Å². The molecule has 1 rings (SSSR count). The Morgan fingerprint density at radius 2 is 2.14 bits per heavy atom. The third-order valence-corrected chi connectivity index (χ3v) is 2.35. The standard InChI is InChI=1S/C11H13ClN2/c12-7-6-10-9(4-2-8-13)3-1-5-11(10)14/h1,3,5H,2,4,6-7,14H2. The summed E-state index contributed by atoms with van der Waals surface area (Å²) < 4.78 is 0. The predicted molar refractivity (Wildman–Crippen MR) is 59.2 cm³/mol. The monoisotopic (exact) mass is 208 g/mol. The summed E-state index contributed by atoms with van der Waals surface area (Å²) in [6.45, 7) is 0. The molecule has 2 N–H and O–H groups in total. The summed E-state index contributed by atoms with van der Waals surface area (Å²) in [6, 6.07) is 7.93. The number of benzene rings is 1. The lowest BCUT2D eigenvalue weighted by atomic mass is 9.99. The number of nitriles is 1. The zero-order chi connectivity index (χ0) is 10.4. The van der Waals surface area contributed by atoms with Crippen LogP contribution in [0, 0.1) is 11.3 Å². The molecule has 0 atom stereocenters. The van der Waals surface area contributed by atoms with E-state index in [1.54, 1.807) is 0 Å². The number of alkyl halides is 1. The van der Waals surface area contributed by atoms with Crippen molar-refractivity contribution >= 4 is 17.3 Å². The second-order valence-corrected chi connectivity index (χ2v) is 3.46. The van der Waals surface area contributed by atoms with Gasteiger partial charge in [-0.25, -0.2) is 0 Å². The average Bonchev–Trinajstić information content (AvgIpc) is 2.19. The van der Waals surface area contributed by atoms with Crippen molar-refractivity contribution < 1.29 is 0 Å². The number of halogens is 1. The number of nitrogens with two attached hydrogens (primary N) is 1. The second-order valence-electron chi connectivity index (χ2n) is 3.08. The summed E-state index contributed by atoms with van der Waals surface area (Å²) in [6.07, 6.45) is 2.06. The molecular weight excluding hydrogens is 196 g/mol. The van der Waals surface area contributed by atoms with E-state index in [-0.39, 0.29) is 0 Å². The van der Waals surface area contributed by atoms with E-state index < -0.39 is 0 Å². The summed E-state index contributed by atoms with van der Waals surface area (Å²) in [5, 5.41) is 8.51. The van der Waals surface area contributed by atoms with Crippen LogP contribution in [0.25, 0.3) is 0 Å². The van der Waals surface area contributed by atoms with E-state index in [4.69, 9.17) is 22.6 Å². The Labute approximate surface area is 89.3 Å². The molecule has 0 saturated carbocycles. The lowest BCUT2D eigenvalue weighted by molar-refractivity contribution is 0.972. The van der Waals surface area contributed by atoms with Gasteiger partial charge in [-0.05, 0) is 30.0 Å². The van der Waals surface area contributed by atoms with Gasteiger partial charge < -0.3 is 5.73 Å². The van der Waals surface area contributed by atoms with Crippen LogP contribution in [0.2, 0.25) is 0 Å². The molecule has 0 amide bonds. The second kappa shape index (κ2) is 5.51. The van der Waals surface area contributed by atoms with Crippen molar-refractivity contribution in [3.8, 4) is 6.07 Å². The van der Waals surface area contributed by atoms with Crippen molar-refractivity contribution in [2.45, 2.75) is 19.3 Å². The van der Waals surface area contributed by atoms with E-state index in [0.29, 0.717) is 12.3 Å². The highest BCUT2D eigenvalue weighted by Crippen LogP contribution is 2.19. The molecule has 2 nitrogen and oxygen atoms in total.